The SMILES string of the molecule is CC1(C(=O)NNC(=O)c2csc(N3CCOCC3)n2)CC(=O)C1. The van der Waals surface area contributed by atoms with Crippen molar-refractivity contribution in [3.8, 4) is 0 Å². The molecule has 2 N–H and O–H groups in total. The molecular formula is C14H18N4O4S. The van der Waals surface area contributed by atoms with Crippen LogP contribution in [0.1, 0.15) is 30.3 Å². The highest BCUT2D eigenvalue weighted by Crippen LogP contribution is 2.37. The second-order valence-corrected chi connectivity index (χ2v) is 6.81. The molecule has 1 aliphatic carbocycles. The summed E-state index contributed by atoms with van der Waals surface area (Å²) in [5.74, 6) is -0.763. The minimum absolute atomic E-state index is 0.0589. The van der Waals surface area contributed by atoms with Crippen molar-refractivity contribution in [2.75, 3.05) is 31.2 Å². The molecule has 124 valence electrons. The van der Waals surface area contributed by atoms with Gasteiger partial charge in [0.15, 0.2) is 5.13 Å². The van der Waals surface area contributed by atoms with E-state index in [4.69, 9.17) is 4.74 Å². The van der Waals surface area contributed by atoms with E-state index in [0.29, 0.717) is 13.2 Å². The number of ether oxygens (including phenoxy) is 1. The molecule has 0 atom stereocenters. The Bertz CT molecular complexity index is 630. The number of hydrogen-bond donors (Lipinski definition) is 2. The van der Waals surface area contributed by atoms with Crippen molar-refractivity contribution in [2.45, 2.75) is 19.8 Å². The smallest absolute Gasteiger partial charge is 0.289 e. The van der Waals surface area contributed by atoms with Crippen LogP contribution in [0.15, 0.2) is 5.38 Å². The van der Waals surface area contributed by atoms with E-state index in [1.54, 1.807) is 12.3 Å². The predicted molar refractivity (Wildman–Crippen MR) is 83.1 cm³/mol. The van der Waals surface area contributed by atoms with Crippen LogP contribution in [0.25, 0.3) is 0 Å². The zero-order valence-electron chi connectivity index (χ0n) is 12.8. The van der Waals surface area contributed by atoms with Gasteiger partial charge in [-0.1, -0.05) is 0 Å². The number of aromatic nitrogens is 1. The molecule has 1 saturated carbocycles. The lowest BCUT2D eigenvalue weighted by atomic mass is 9.69. The predicted octanol–water partition coefficient (Wildman–Crippen LogP) is 0.110. The molecule has 0 unspecified atom stereocenters. The van der Waals surface area contributed by atoms with Gasteiger partial charge in [0.2, 0.25) is 5.91 Å². The van der Waals surface area contributed by atoms with Gasteiger partial charge in [-0.3, -0.25) is 25.2 Å². The third-order valence-electron chi connectivity index (χ3n) is 4.02. The van der Waals surface area contributed by atoms with Gasteiger partial charge in [-0.2, -0.15) is 0 Å². The summed E-state index contributed by atoms with van der Waals surface area (Å²) in [5, 5.41) is 2.42. The van der Waals surface area contributed by atoms with Crippen molar-refractivity contribution >= 4 is 34.1 Å². The minimum atomic E-state index is -0.717. The van der Waals surface area contributed by atoms with Gasteiger partial charge in [0.25, 0.3) is 5.91 Å². The normalized spacial score (nSPS) is 19.9. The summed E-state index contributed by atoms with van der Waals surface area (Å²) in [7, 11) is 0. The molecule has 2 amide bonds. The van der Waals surface area contributed by atoms with Crippen LogP contribution in [0.2, 0.25) is 0 Å². The number of hydrazine groups is 1. The number of ketones is 1. The number of amides is 2. The van der Waals surface area contributed by atoms with Crippen LogP contribution in [-0.2, 0) is 14.3 Å². The fourth-order valence-electron chi connectivity index (χ4n) is 2.58. The molecular weight excluding hydrogens is 320 g/mol. The Balaban J connectivity index is 1.53. The number of morpholine rings is 1. The highest BCUT2D eigenvalue weighted by atomic mass is 32.1. The van der Waals surface area contributed by atoms with Crippen LogP contribution >= 0.6 is 11.3 Å². The minimum Gasteiger partial charge on any atom is -0.378 e. The summed E-state index contributed by atoms with van der Waals surface area (Å²) in [6.45, 7) is 4.49. The van der Waals surface area contributed by atoms with Gasteiger partial charge in [0, 0.05) is 31.3 Å². The summed E-state index contributed by atoms with van der Waals surface area (Å²) in [5.41, 5.74) is 4.27. The standard InChI is InChI=1S/C14H18N4O4S/c1-14(6-9(19)7-14)12(21)17-16-11(20)10-8-23-13(15-10)18-2-4-22-5-3-18/h8H,2-7H2,1H3,(H,16,20)(H,17,21). The maximum Gasteiger partial charge on any atom is 0.289 e. The van der Waals surface area contributed by atoms with E-state index < -0.39 is 11.3 Å². The number of nitrogens with one attached hydrogen (secondary N) is 2. The third kappa shape index (κ3) is 3.35. The molecule has 2 aliphatic rings. The first-order valence-electron chi connectivity index (χ1n) is 7.39. The highest BCUT2D eigenvalue weighted by molar-refractivity contribution is 7.13. The lowest BCUT2D eigenvalue weighted by Crippen LogP contribution is -2.53. The van der Waals surface area contributed by atoms with Gasteiger partial charge in [0.05, 0.1) is 18.6 Å². The quantitative estimate of drug-likeness (QED) is 0.759. The lowest BCUT2D eigenvalue weighted by molar-refractivity contribution is -0.146. The fraction of sp³-hybridized carbons (Fsp3) is 0.571. The Labute approximate surface area is 137 Å². The summed E-state index contributed by atoms with van der Waals surface area (Å²) >= 11 is 1.38. The third-order valence-corrected chi connectivity index (χ3v) is 4.92. The molecule has 2 heterocycles. The summed E-state index contributed by atoms with van der Waals surface area (Å²) < 4.78 is 5.28. The van der Waals surface area contributed by atoms with E-state index in [9.17, 15) is 14.4 Å². The summed E-state index contributed by atoms with van der Waals surface area (Å²) in [6, 6.07) is 0. The van der Waals surface area contributed by atoms with Gasteiger partial charge in [-0.25, -0.2) is 4.98 Å². The Morgan fingerprint density at radius 3 is 2.65 bits per heavy atom. The number of hydrogen-bond acceptors (Lipinski definition) is 7. The average Bonchev–Trinajstić information content (AvgIpc) is 3.01. The van der Waals surface area contributed by atoms with Crippen LogP contribution in [0.5, 0.6) is 0 Å². The van der Waals surface area contributed by atoms with E-state index in [1.165, 1.54) is 11.3 Å². The second kappa shape index (κ2) is 6.25. The molecule has 0 spiro atoms. The Morgan fingerprint density at radius 1 is 1.30 bits per heavy atom. The largest absolute Gasteiger partial charge is 0.378 e. The van der Waals surface area contributed by atoms with E-state index >= 15 is 0 Å². The molecule has 3 rings (SSSR count). The first-order valence-corrected chi connectivity index (χ1v) is 8.27. The first-order chi connectivity index (χ1) is 11.0. The number of rotatable bonds is 3. The maximum absolute atomic E-state index is 12.1. The number of nitrogens with zero attached hydrogens (tertiary/aromatic N) is 2. The summed E-state index contributed by atoms with van der Waals surface area (Å²) in [6.07, 6.45) is 0.430. The van der Waals surface area contributed by atoms with Crippen molar-refractivity contribution < 1.29 is 19.1 Å². The van der Waals surface area contributed by atoms with Crippen LogP contribution in [0.3, 0.4) is 0 Å². The van der Waals surface area contributed by atoms with Gasteiger partial charge in [0.1, 0.15) is 11.5 Å². The molecule has 9 heteroatoms. The van der Waals surface area contributed by atoms with Gasteiger partial charge in [-0.05, 0) is 6.92 Å². The molecule has 8 nitrogen and oxygen atoms in total. The zero-order valence-corrected chi connectivity index (χ0v) is 13.6. The van der Waals surface area contributed by atoms with Gasteiger partial charge < -0.3 is 9.64 Å². The monoisotopic (exact) mass is 338 g/mol. The highest BCUT2D eigenvalue weighted by Gasteiger charge is 2.45. The number of anilines is 1. The Kier molecular flexibility index (Phi) is 4.31. The molecule has 2 fully saturated rings. The van der Waals surface area contributed by atoms with Crippen molar-refractivity contribution in [2.24, 2.45) is 5.41 Å². The molecule has 1 aromatic rings. The average molecular weight is 338 g/mol. The molecule has 0 radical (unpaired) electrons. The number of carbonyl (C=O) groups excluding carboxylic acids is 3. The van der Waals surface area contributed by atoms with Crippen LogP contribution < -0.4 is 15.8 Å². The molecule has 23 heavy (non-hydrogen) atoms. The van der Waals surface area contributed by atoms with Crippen molar-refractivity contribution in [3.63, 3.8) is 0 Å². The van der Waals surface area contributed by atoms with E-state index in [-0.39, 0.29) is 30.2 Å². The van der Waals surface area contributed by atoms with Crippen LogP contribution in [0.4, 0.5) is 5.13 Å². The van der Waals surface area contributed by atoms with E-state index in [1.807, 2.05) is 0 Å². The van der Waals surface area contributed by atoms with Crippen molar-refractivity contribution in [1.29, 1.82) is 0 Å². The second-order valence-electron chi connectivity index (χ2n) is 5.98. The molecule has 1 aromatic heterocycles. The molecule has 0 aromatic carbocycles. The first kappa shape index (κ1) is 15.9. The van der Waals surface area contributed by atoms with E-state index in [0.717, 1.165) is 18.2 Å². The van der Waals surface area contributed by atoms with Gasteiger partial charge in [-0.15, -0.1) is 11.3 Å². The number of carbonyl (C=O) groups is 3. The molecule has 1 saturated heterocycles. The zero-order chi connectivity index (χ0) is 16.4. The maximum atomic E-state index is 12.1. The van der Waals surface area contributed by atoms with Gasteiger partial charge >= 0.3 is 0 Å². The Morgan fingerprint density at radius 2 is 2.00 bits per heavy atom. The number of thiazole rings is 1. The topological polar surface area (TPSA) is 101 Å². The number of Topliss-reactive ketones (excluding diaryl/α,β-unsaturated/α-hetero) is 1. The lowest BCUT2D eigenvalue weighted by Gasteiger charge is -2.34. The fourth-order valence-corrected chi connectivity index (χ4v) is 3.44. The van der Waals surface area contributed by atoms with Crippen molar-refractivity contribution in [3.05, 3.63) is 11.1 Å². The molecule has 1 aliphatic heterocycles. The molecule has 0 bridgehead atoms. The Hall–Kier alpha value is -2.00. The van der Waals surface area contributed by atoms with Crippen molar-refractivity contribution in [1.82, 2.24) is 15.8 Å². The van der Waals surface area contributed by atoms with Crippen LogP contribution in [-0.4, -0.2) is 48.9 Å². The summed E-state index contributed by atoms with van der Waals surface area (Å²) in [4.78, 5) is 41.4. The van der Waals surface area contributed by atoms with E-state index in [2.05, 4.69) is 20.7 Å². The van der Waals surface area contributed by atoms with Crippen LogP contribution in [0, 0.1) is 5.41 Å².